The molecule has 4 heterocycles. The molecule has 0 aromatic carbocycles. The maximum atomic E-state index is 12.1. The fraction of sp³-hybridized carbons (Fsp3) is 0.552. The van der Waals surface area contributed by atoms with Crippen molar-refractivity contribution in [3.63, 3.8) is 0 Å². The number of esters is 2. The molecule has 2 aromatic rings. The highest BCUT2D eigenvalue weighted by Crippen LogP contribution is 2.17. The number of ether oxygens (including phenoxy) is 3. The van der Waals surface area contributed by atoms with E-state index in [2.05, 4.69) is 34.6 Å². The Kier molecular flexibility index (Phi) is 11.7. The summed E-state index contributed by atoms with van der Waals surface area (Å²) in [6.45, 7) is 12.1. The number of hydrogen-bond donors (Lipinski definition) is 1. The second-order valence-corrected chi connectivity index (χ2v) is 10.7. The van der Waals surface area contributed by atoms with Crippen LogP contribution in [0.15, 0.2) is 36.7 Å². The third-order valence-corrected chi connectivity index (χ3v) is 6.47. The molecule has 224 valence electrons. The van der Waals surface area contributed by atoms with Crippen molar-refractivity contribution in [2.75, 3.05) is 76.4 Å². The summed E-state index contributed by atoms with van der Waals surface area (Å²) in [7, 11) is 2.76. The standard InChI is InChI=1S/C17H25N3O4.C12H17N3O2/c1-17(2,3)24-16(22)20-9-7-19(8-10-20)14-6-5-13(12-18-14)11-15(21)23-4;1-17-12(16)8-10-2-3-11(14-9-10)15-6-4-13-5-7-15/h5-6,12H,7-11H2,1-4H3;2-3,9,13H,4-8H2,1H3. The molecule has 0 saturated carbocycles. The Morgan fingerprint density at radius 1 is 0.756 bits per heavy atom. The maximum absolute atomic E-state index is 12.1. The molecule has 0 spiro atoms. The second-order valence-electron chi connectivity index (χ2n) is 10.7. The number of carbonyl (C=O) groups is 3. The molecule has 2 aliphatic rings. The van der Waals surface area contributed by atoms with Crippen LogP contribution in [0, 0.1) is 0 Å². The van der Waals surface area contributed by atoms with Crippen LogP contribution in [-0.2, 0) is 36.6 Å². The summed E-state index contributed by atoms with van der Waals surface area (Å²) in [6, 6.07) is 7.66. The van der Waals surface area contributed by atoms with Gasteiger partial charge in [0.15, 0.2) is 0 Å². The number of aromatic nitrogens is 2. The summed E-state index contributed by atoms with van der Waals surface area (Å²) in [5.74, 6) is 1.30. The van der Waals surface area contributed by atoms with Crippen LogP contribution in [0.2, 0.25) is 0 Å². The van der Waals surface area contributed by atoms with Gasteiger partial charge in [0.05, 0.1) is 27.1 Å². The van der Waals surface area contributed by atoms with Gasteiger partial charge in [0, 0.05) is 64.8 Å². The van der Waals surface area contributed by atoms with E-state index >= 15 is 0 Å². The minimum Gasteiger partial charge on any atom is -0.469 e. The zero-order valence-corrected chi connectivity index (χ0v) is 24.7. The summed E-state index contributed by atoms with van der Waals surface area (Å²) in [5, 5.41) is 3.30. The van der Waals surface area contributed by atoms with E-state index in [1.54, 1.807) is 17.3 Å². The molecule has 4 rings (SSSR count). The number of piperazine rings is 2. The van der Waals surface area contributed by atoms with E-state index in [1.165, 1.54) is 14.2 Å². The first-order chi connectivity index (χ1) is 19.6. The van der Waals surface area contributed by atoms with Crippen LogP contribution in [0.4, 0.5) is 16.4 Å². The normalized spacial score (nSPS) is 15.4. The van der Waals surface area contributed by atoms with E-state index in [1.807, 2.05) is 45.0 Å². The number of rotatable bonds is 6. The number of carbonyl (C=O) groups excluding carboxylic acids is 3. The average Bonchev–Trinajstić information content (AvgIpc) is 2.98. The largest absolute Gasteiger partial charge is 0.469 e. The first kappa shape index (κ1) is 31.6. The summed E-state index contributed by atoms with van der Waals surface area (Å²) in [6.07, 6.45) is 3.66. The number of nitrogens with zero attached hydrogens (tertiary/aromatic N) is 5. The van der Waals surface area contributed by atoms with E-state index in [-0.39, 0.29) is 30.9 Å². The highest BCUT2D eigenvalue weighted by Gasteiger charge is 2.26. The van der Waals surface area contributed by atoms with Gasteiger partial charge in [-0.25, -0.2) is 14.8 Å². The van der Waals surface area contributed by atoms with Gasteiger partial charge in [-0.2, -0.15) is 0 Å². The molecule has 2 aromatic heterocycles. The fourth-order valence-electron chi connectivity index (χ4n) is 4.23. The van der Waals surface area contributed by atoms with Crippen molar-refractivity contribution in [3.8, 4) is 0 Å². The highest BCUT2D eigenvalue weighted by molar-refractivity contribution is 5.73. The van der Waals surface area contributed by atoms with Gasteiger partial charge in [0.1, 0.15) is 17.2 Å². The van der Waals surface area contributed by atoms with Crippen molar-refractivity contribution in [2.45, 2.75) is 39.2 Å². The SMILES string of the molecule is COC(=O)Cc1ccc(N2CCN(C(=O)OC(C)(C)C)CC2)nc1.COC(=O)Cc1ccc(N2CCNCC2)nc1. The van der Waals surface area contributed by atoms with Crippen molar-refractivity contribution in [2.24, 2.45) is 0 Å². The Morgan fingerprint density at radius 3 is 1.61 bits per heavy atom. The summed E-state index contributed by atoms with van der Waals surface area (Å²) < 4.78 is 14.6. The maximum Gasteiger partial charge on any atom is 0.410 e. The molecule has 0 bridgehead atoms. The van der Waals surface area contributed by atoms with Crippen LogP contribution >= 0.6 is 0 Å². The molecule has 12 heteroatoms. The number of methoxy groups -OCH3 is 2. The molecule has 0 atom stereocenters. The number of hydrogen-bond acceptors (Lipinski definition) is 11. The third-order valence-electron chi connectivity index (χ3n) is 6.47. The Hall–Kier alpha value is -3.93. The molecule has 0 aliphatic carbocycles. The average molecular weight is 571 g/mol. The molecule has 1 N–H and O–H groups in total. The lowest BCUT2D eigenvalue weighted by Crippen LogP contribution is -2.50. The van der Waals surface area contributed by atoms with Crippen LogP contribution in [0.25, 0.3) is 0 Å². The zero-order chi connectivity index (χ0) is 29.8. The van der Waals surface area contributed by atoms with Gasteiger partial charge in [-0.1, -0.05) is 12.1 Å². The lowest BCUT2D eigenvalue weighted by Gasteiger charge is -2.36. The van der Waals surface area contributed by atoms with E-state index < -0.39 is 5.60 Å². The van der Waals surface area contributed by atoms with Crippen molar-refractivity contribution in [3.05, 3.63) is 47.8 Å². The van der Waals surface area contributed by atoms with Gasteiger partial charge < -0.3 is 34.2 Å². The summed E-state index contributed by atoms with van der Waals surface area (Å²) >= 11 is 0. The van der Waals surface area contributed by atoms with Crippen molar-refractivity contribution in [1.82, 2.24) is 20.2 Å². The minimum atomic E-state index is -0.481. The molecule has 12 nitrogen and oxygen atoms in total. The van der Waals surface area contributed by atoms with Gasteiger partial charge in [-0.15, -0.1) is 0 Å². The van der Waals surface area contributed by atoms with Gasteiger partial charge in [0.2, 0.25) is 0 Å². The highest BCUT2D eigenvalue weighted by atomic mass is 16.6. The molecule has 0 radical (unpaired) electrons. The van der Waals surface area contributed by atoms with Crippen LogP contribution in [0.1, 0.15) is 31.9 Å². The molecule has 1 amide bonds. The van der Waals surface area contributed by atoms with E-state index in [9.17, 15) is 14.4 Å². The Bertz CT molecular complexity index is 1120. The molecular formula is C29H42N6O6. The van der Waals surface area contributed by atoms with Gasteiger partial charge >= 0.3 is 18.0 Å². The van der Waals surface area contributed by atoms with E-state index in [0.717, 1.165) is 48.9 Å². The first-order valence-electron chi connectivity index (χ1n) is 13.8. The predicted molar refractivity (Wildman–Crippen MR) is 155 cm³/mol. The smallest absolute Gasteiger partial charge is 0.410 e. The molecule has 41 heavy (non-hydrogen) atoms. The van der Waals surface area contributed by atoms with Gasteiger partial charge in [-0.3, -0.25) is 9.59 Å². The number of pyridine rings is 2. The third kappa shape index (κ3) is 10.5. The molecule has 0 unspecified atom stereocenters. The van der Waals surface area contributed by atoms with Gasteiger partial charge in [-0.05, 0) is 44.0 Å². The van der Waals surface area contributed by atoms with Crippen molar-refractivity contribution < 1.29 is 28.6 Å². The lowest BCUT2D eigenvalue weighted by molar-refractivity contribution is -0.140. The van der Waals surface area contributed by atoms with E-state index in [4.69, 9.17) is 4.74 Å². The molecular weight excluding hydrogens is 528 g/mol. The Balaban J connectivity index is 0.000000239. The zero-order valence-electron chi connectivity index (χ0n) is 24.7. The Labute approximate surface area is 242 Å². The quantitative estimate of drug-likeness (QED) is 0.405. The predicted octanol–water partition coefficient (Wildman–Crippen LogP) is 2.06. The summed E-state index contributed by atoms with van der Waals surface area (Å²) in [5.41, 5.74) is 1.22. The van der Waals surface area contributed by atoms with Gasteiger partial charge in [0.25, 0.3) is 0 Å². The molecule has 2 fully saturated rings. The molecule has 2 saturated heterocycles. The van der Waals surface area contributed by atoms with Crippen LogP contribution in [0.3, 0.4) is 0 Å². The first-order valence-corrected chi connectivity index (χ1v) is 13.8. The van der Waals surface area contributed by atoms with E-state index in [0.29, 0.717) is 26.2 Å². The van der Waals surface area contributed by atoms with Crippen LogP contribution in [-0.4, -0.2) is 105 Å². The fourth-order valence-corrected chi connectivity index (χ4v) is 4.23. The number of anilines is 2. The minimum absolute atomic E-state index is 0.218. The monoisotopic (exact) mass is 570 g/mol. The van der Waals surface area contributed by atoms with Crippen LogP contribution < -0.4 is 15.1 Å². The number of nitrogens with one attached hydrogen (secondary N) is 1. The lowest BCUT2D eigenvalue weighted by atomic mass is 10.2. The van der Waals surface area contributed by atoms with Crippen molar-refractivity contribution in [1.29, 1.82) is 0 Å². The molecule has 2 aliphatic heterocycles. The van der Waals surface area contributed by atoms with Crippen LogP contribution in [0.5, 0.6) is 0 Å². The summed E-state index contributed by atoms with van der Waals surface area (Å²) in [4.78, 5) is 49.3. The topological polar surface area (TPSA) is 126 Å². The van der Waals surface area contributed by atoms with Crippen molar-refractivity contribution >= 4 is 29.7 Å². The number of amides is 1. The Morgan fingerprint density at radius 2 is 1.22 bits per heavy atom. The second kappa shape index (κ2) is 15.2.